The first-order chi connectivity index (χ1) is 51.9. The van der Waals surface area contributed by atoms with Crippen LogP contribution in [-0.4, -0.2) is 173 Å². The van der Waals surface area contributed by atoms with Gasteiger partial charge in [-0.2, -0.15) is 8.42 Å². The molecule has 0 amide bonds. The number of aryl methyl sites for hydroxylation is 1. The Morgan fingerprint density at radius 3 is 1.27 bits per heavy atom. The SMILES string of the molecule is CCCc1ccc2c(c1)C(=O)CCO2.COCCOc1cc(CC2CCN(CCc3ccc4c(c3)C(=O)CCO4)CC2)ccc1Br.COCCOc1cc(CC2CCN(CCc3ccc4c(c3)C(O)CCO4)CC2)ccc1Br.COCCOc1cc(CC2CCNCC2)ccc1Br.Cl.O=S(=O)(O)c1ccccc1. The van der Waals surface area contributed by atoms with Crippen LogP contribution >= 0.6 is 60.2 Å². The highest BCUT2D eigenvalue weighted by molar-refractivity contribution is 9.11. The molecule has 1 unspecified atom stereocenters. The highest BCUT2D eigenvalue weighted by Crippen LogP contribution is 2.36. The Bertz CT molecular complexity index is 4010. The van der Waals surface area contributed by atoms with E-state index in [2.05, 4.69) is 143 Å². The van der Waals surface area contributed by atoms with Gasteiger partial charge in [0.2, 0.25) is 0 Å². The summed E-state index contributed by atoms with van der Waals surface area (Å²) in [6.45, 7) is 16.2. The van der Waals surface area contributed by atoms with E-state index in [4.69, 9.17) is 47.2 Å². The van der Waals surface area contributed by atoms with Gasteiger partial charge in [-0.25, -0.2) is 0 Å². The van der Waals surface area contributed by atoms with Gasteiger partial charge in [-0.15, -0.1) is 12.4 Å². The van der Waals surface area contributed by atoms with Crippen LogP contribution in [0.15, 0.2) is 158 Å². The number of hydrogen-bond acceptors (Lipinski definition) is 17. The molecule has 0 aromatic heterocycles. The molecule has 0 bridgehead atoms. The van der Waals surface area contributed by atoms with Crippen molar-refractivity contribution in [3.05, 3.63) is 203 Å². The highest BCUT2D eigenvalue weighted by atomic mass is 79.9. The first-order valence-electron chi connectivity index (χ1n) is 37.9. The molecule has 18 nitrogen and oxygen atoms in total. The zero-order valence-electron chi connectivity index (χ0n) is 63.0. The zero-order valence-corrected chi connectivity index (χ0v) is 69.4. The molecule has 0 aliphatic carbocycles. The lowest BCUT2D eigenvalue weighted by atomic mass is 9.90. The van der Waals surface area contributed by atoms with E-state index in [1.54, 1.807) is 39.5 Å². The molecule has 1 atom stereocenters. The second kappa shape index (κ2) is 46.8. The van der Waals surface area contributed by atoms with Crippen molar-refractivity contribution in [2.24, 2.45) is 17.8 Å². The number of nitrogens with one attached hydrogen (secondary N) is 1. The number of aliphatic hydroxyl groups is 1. The van der Waals surface area contributed by atoms with E-state index in [1.807, 2.05) is 36.4 Å². The number of hydrogen-bond donors (Lipinski definition) is 3. The third-order valence-electron chi connectivity index (χ3n) is 20.0. The van der Waals surface area contributed by atoms with Gasteiger partial charge in [-0.1, -0.05) is 67.9 Å². The van der Waals surface area contributed by atoms with E-state index in [9.17, 15) is 23.1 Å². The average molecular weight is 1720 g/mol. The van der Waals surface area contributed by atoms with Crippen molar-refractivity contribution >= 4 is 81.9 Å². The second-order valence-corrected chi connectivity index (χ2v) is 31.9. The Labute approximate surface area is 671 Å². The van der Waals surface area contributed by atoms with Gasteiger partial charge >= 0.3 is 0 Å². The third-order valence-corrected chi connectivity index (χ3v) is 22.9. The minimum Gasteiger partial charge on any atom is -0.493 e. The molecule has 3 N–H and O–H groups in total. The van der Waals surface area contributed by atoms with Crippen molar-refractivity contribution in [3.8, 4) is 34.5 Å². The van der Waals surface area contributed by atoms with Gasteiger partial charge in [-0.3, -0.25) is 14.1 Å². The molecule has 0 spiro atoms. The van der Waals surface area contributed by atoms with Gasteiger partial charge in [0, 0.05) is 59.2 Å². The fourth-order valence-electron chi connectivity index (χ4n) is 13.9. The molecule has 588 valence electrons. The molecular weight excluding hydrogens is 1610 g/mol. The molecule has 108 heavy (non-hydrogen) atoms. The summed E-state index contributed by atoms with van der Waals surface area (Å²) in [5.41, 5.74) is 10.2. The third kappa shape index (κ3) is 29.0. The van der Waals surface area contributed by atoms with E-state index in [0.29, 0.717) is 84.6 Å². The lowest BCUT2D eigenvalue weighted by molar-refractivity contribution is 0.0924. The predicted octanol–water partition coefficient (Wildman–Crippen LogP) is 16.7. The first-order valence-corrected chi connectivity index (χ1v) is 41.7. The second-order valence-electron chi connectivity index (χ2n) is 28.0. The Morgan fingerprint density at radius 1 is 0.472 bits per heavy atom. The van der Waals surface area contributed by atoms with Crippen LogP contribution in [0.25, 0.3) is 0 Å². The average Bonchev–Trinajstić information content (AvgIpc) is 0.828. The molecule has 7 aromatic carbocycles. The number of Topliss-reactive ketones (excluding diaryl/α,β-unsaturated/α-hetero) is 2. The molecule has 0 saturated carbocycles. The molecule has 3 fully saturated rings. The van der Waals surface area contributed by atoms with Crippen molar-refractivity contribution in [2.75, 3.05) is 133 Å². The topological polar surface area (TPSA) is 210 Å². The Hall–Kier alpha value is -5.96. The minimum absolute atomic E-state index is 0. The summed E-state index contributed by atoms with van der Waals surface area (Å²) in [6, 6.07) is 45.1. The summed E-state index contributed by atoms with van der Waals surface area (Å²) in [6.07, 6.45) is 16.2. The molecule has 6 heterocycles. The number of benzene rings is 7. The Morgan fingerprint density at radius 2 is 0.861 bits per heavy atom. The van der Waals surface area contributed by atoms with Gasteiger partial charge in [0.1, 0.15) is 54.3 Å². The number of methoxy groups -OCH3 is 3. The fraction of sp³-hybridized carbons (Fsp3) is 0.482. The van der Waals surface area contributed by atoms with Gasteiger partial charge in [0.25, 0.3) is 10.1 Å². The number of fused-ring (bicyclic) bond motifs is 3. The number of ether oxygens (including phenoxy) is 9. The van der Waals surface area contributed by atoms with Gasteiger partial charge in [0.15, 0.2) is 11.6 Å². The minimum atomic E-state index is -4.00. The zero-order chi connectivity index (χ0) is 75.8. The number of aliphatic hydroxyl groups excluding tert-OH is 1. The van der Waals surface area contributed by atoms with Crippen molar-refractivity contribution in [1.82, 2.24) is 15.1 Å². The van der Waals surface area contributed by atoms with Crippen molar-refractivity contribution in [2.45, 2.75) is 121 Å². The van der Waals surface area contributed by atoms with Gasteiger partial charge in [-0.05, 0) is 300 Å². The van der Waals surface area contributed by atoms with Crippen LogP contribution in [-0.2, 0) is 62.9 Å². The maximum atomic E-state index is 12.1. The summed E-state index contributed by atoms with van der Waals surface area (Å²) in [4.78, 5) is 28.7. The van der Waals surface area contributed by atoms with Crippen molar-refractivity contribution in [3.63, 3.8) is 0 Å². The molecule has 0 radical (unpaired) electrons. The fourth-order valence-corrected chi connectivity index (χ4v) is 15.5. The molecular formula is C85H109Br3ClN3O15S. The van der Waals surface area contributed by atoms with Crippen LogP contribution in [0.3, 0.4) is 0 Å². The van der Waals surface area contributed by atoms with Gasteiger partial charge in [0.05, 0.1) is 75.2 Å². The highest BCUT2D eigenvalue weighted by Gasteiger charge is 2.26. The normalized spacial score (nSPS) is 16.7. The Kier molecular flexibility index (Phi) is 37.9. The summed E-state index contributed by atoms with van der Waals surface area (Å²) < 4.78 is 81.4. The lowest BCUT2D eigenvalue weighted by Crippen LogP contribution is -2.35. The molecule has 23 heteroatoms. The van der Waals surface area contributed by atoms with Crippen LogP contribution in [0.4, 0.5) is 0 Å². The monoisotopic (exact) mass is 1720 g/mol. The number of nitrogens with zero attached hydrogens (tertiary/aromatic N) is 2. The van der Waals surface area contributed by atoms with E-state index < -0.39 is 10.1 Å². The molecule has 6 aliphatic heterocycles. The molecule has 13 rings (SSSR count). The predicted molar refractivity (Wildman–Crippen MR) is 438 cm³/mol. The summed E-state index contributed by atoms with van der Waals surface area (Å²) in [7, 11) is 1.06. The maximum absolute atomic E-state index is 12.1. The number of halogens is 4. The van der Waals surface area contributed by atoms with E-state index in [0.717, 1.165) is 174 Å². The number of carbonyl (C=O) groups excluding carboxylic acids is 2. The molecule has 6 aliphatic rings. The van der Waals surface area contributed by atoms with E-state index >= 15 is 0 Å². The maximum Gasteiger partial charge on any atom is 0.294 e. The van der Waals surface area contributed by atoms with Crippen LogP contribution in [0.5, 0.6) is 34.5 Å². The van der Waals surface area contributed by atoms with Crippen LogP contribution in [0, 0.1) is 17.8 Å². The molecule has 3 saturated heterocycles. The number of piperidine rings is 3. The molecule has 7 aromatic rings. The quantitative estimate of drug-likeness (QED) is 0.0323. The van der Waals surface area contributed by atoms with Crippen molar-refractivity contribution in [1.29, 1.82) is 0 Å². The van der Waals surface area contributed by atoms with Crippen LogP contribution < -0.4 is 33.7 Å². The van der Waals surface area contributed by atoms with Crippen LogP contribution in [0.2, 0.25) is 0 Å². The number of ketones is 2. The summed E-state index contributed by atoms with van der Waals surface area (Å²) >= 11 is 10.7. The number of carbonyl (C=O) groups is 2. The first kappa shape index (κ1) is 87.6. The van der Waals surface area contributed by atoms with E-state index in [1.165, 1.54) is 84.0 Å². The van der Waals surface area contributed by atoms with E-state index in [-0.39, 0.29) is 35.0 Å². The van der Waals surface area contributed by atoms with Crippen LogP contribution in [0.1, 0.15) is 137 Å². The van der Waals surface area contributed by atoms with Gasteiger partial charge < -0.3 is 62.9 Å². The number of likely N-dealkylation sites (tertiary alicyclic amines) is 2. The summed E-state index contributed by atoms with van der Waals surface area (Å²) in [5, 5.41) is 13.6. The standard InChI is InChI=1S/C26H34BrNO4.C26H32BrNO4.C15H22BrNO2.C12H14O2.C6H6O3S.ClH/c2*1-30-14-15-32-26-18-21(2-4-23(26)27)16-20-7-11-28(12-8-20)10-6-19-3-5-25-22(17-19)24(29)9-13-31-25;1-18-8-9-19-15-11-13(2-3-14(15)16)10-12-4-6-17-7-5-12;1-2-3-9-4-5-12-10(8-9)11(13)6-7-14-12;7-10(8,9)6-4-2-1-3-5-6;/h2-5,17-18,20,24,29H,6-16H2,1H3;2-5,17-18,20H,6-16H2,1H3;2-3,11-12,17H,4-10H2,1H3;4-5,8H,2-3,6-7H2,1H3;1-5H,(H,7,8,9);1H. The Balaban J connectivity index is 0.000000180. The largest absolute Gasteiger partial charge is 0.493 e. The van der Waals surface area contributed by atoms with Crippen molar-refractivity contribution < 1.29 is 70.3 Å². The summed E-state index contributed by atoms with van der Waals surface area (Å²) in [5.74, 6) is 7.69. The number of rotatable bonds is 27. The lowest BCUT2D eigenvalue weighted by Gasteiger charge is -2.32. The smallest absolute Gasteiger partial charge is 0.294 e.